The van der Waals surface area contributed by atoms with Gasteiger partial charge in [-0.3, -0.25) is 9.79 Å². The Morgan fingerprint density at radius 3 is 2.74 bits per heavy atom. The molecule has 1 aromatic carbocycles. The molecule has 0 unspecified atom stereocenters. The van der Waals surface area contributed by atoms with E-state index in [4.69, 9.17) is 0 Å². The standard InChI is InChI=1S/C19H24N2O2/c1-2-3-10-20-15-13-16(21-11-5-4-6-12-21)19(23)14-8-7-9-17(22)18(14)15/h7-9,13,22H,2-6,10-12H2,1H3. The zero-order chi connectivity index (χ0) is 16.2. The summed E-state index contributed by atoms with van der Waals surface area (Å²) in [4.78, 5) is 19.7. The van der Waals surface area contributed by atoms with Crippen LogP contribution in [-0.2, 0) is 0 Å². The summed E-state index contributed by atoms with van der Waals surface area (Å²) in [5, 5.41) is 10.2. The zero-order valence-corrected chi connectivity index (χ0v) is 13.7. The van der Waals surface area contributed by atoms with Crippen LogP contribution >= 0.6 is 0 Å². The summed E-state index contributed by atoms with van der Waals surface area (Å²) in [5.41, 5.74) is 2.64. The molecular formula is C19H24N2O2. The van der Waals surface area contributed by atoms with Crippen LogP contribution < -0.4 is 0 Å². The number of nitrogens with zero attached hydrogens (tertiary/aromatic N) is 2. The molecule has 0 atom stereocenters. The number of ketones is 1. The van der Waals surface area contributed by atoms with E-state index in [9.17, 15) is 9.90 Å². The SMILES string of the molecule is CCCCN=C1C=C(N2CCCCC2)C(=O)c2cccc(O)c21. The van der Waals surface area contributed by atoms with E-state index in [1.54, 1.807) is 18.2 Å². The number of phenols is 1. The highest BCUT2D eigenvalue weighted by atomic mass is 16.3. The van der Waals surface area contributed by atoms with Gasteiger partial charge in [0.2, 0.25) is 5.78 Å². The molecule has 1 aromatic rings. The topological polar surface area (TPSA) is 52.9 Å². The molecule has 4 nitrogen and oxygen atoms in total. The average molecular weight is 312 g/mol. The number of aliphatic imine (C=N–C) groups is 1. The maximum absolute atomic E-state index is 12.9. The summed E-state index contributed by atoms with van der Waals surface area (Å²) in [7, 11) is 0. The molecular weight excluding hydrogens is 288 g/mol. The van der Waals surface area contributed by atoms with Crippen LogP contribution in [0.25, 0.3) is 0 Å². The highest BCUT2D eigenvalue weighted by Gasteiger charge is 2.30. The quantitative estimate of drug-likeness (QED) is 0.865. The zero-order valence-electron chi connectivity index (χ0n) is 13.7. The van der Waals surface area contributed by atoms with E-state index >= 15 is 0 Å². The number of carbonyl (C=O) groups excluding carboxylic acids is 1. The molecule has 2 aliphatic rings. The molecule has 23 heavy (non-hydrogen) atoms. The number of hydrogen-bond acceptors (Lipinski definition) is 4. The minimum atomic E-state index is 0.00671. The van der Waals surface area contributed by atoms with Gasteiger partial charge in [0.25, 0.3) is 0 Å². The minimum Gasteiger partial charge on any atom is -0.507 e. The number of carbonyl (C=O) groups is 1. The number of unbranched alkanes of at least 4 members (excludes halogenated alkanes) is 1. The van der Waals surface area contributed by atoms with E-state index in [0.29, 0.717) is 11.1 Å². The Kier molecular flexibility index (Phi) is 4.79. The lowest BCUT2D eigenvalue weighted by Gasteiger charge is -2.32. The first kappa shape index (κ1) is 15.8. The summed E-state index contributed by atoms with van der Waals surface area (Å²) in [6, 6.07) is 5.15. The fraction of sp³-hybridized carbons (Fsp3) is 0.474. The van der Waals surface area contributed by atoms with Crippen molar-refractivity contribution < 1.29 is 9.90 Å². The molecule has 122 valence electrons. The summed E-state index contributed by atoms with van der Waals surface area (Å²) >= 11 is 0. The van der Waals surface area contributed by atoms with Crippen LogP contribution in [0.2, 0.25) is 0 Å². The van der Waals surface area contributed by atoms with Gasteiger partial charge in [-0.25, -0.2) is 0 Å². The third-order valence-electron chi connectivity index (χ3n) is 4.54. The Morgan fingerprint density at radius 2 is 2.00 bits per heavy atom. The fourth-order valence-corrected chi connectivity index (χ4v) is 3.26. The van der Waals surface area contributed by atoms with Gasteiger partial charge in [0.1, 0.15) is 5.75 Å². The molecule has 1 fully saturated rings. The van der Waals surface area contributed by atoms with E-state index in [1.807, 2.05) is 6.08 Å². The van der Waals surface area contributed by atoms with Crippen molar-refractivity contribution in [3.05, 3.63) is 41.1 Å². The van der Waals surface area contributed by atoms with Gasteiger partial charge in [-0.1, -0.05) is 25.5 Å². The van der Waals surface area contributed by atoms with Crippen molar-refractivity contribution in [3.8, 4) is 5.75 Å². The first-order valence-corrected chi connectivity index (χ1v) is 8.60. The number of allylic oxidation sites excluding steroid dienone is 2. The molecule has 1 aliphatic carbocycles. The van der Waals surface area contributed by atoms with Gasteiger partial charge >= 0.3 is 0 Å². The molecule has 3 rings (SSSR count). The highest BCUT2D eigenvalue weighted by Crippen LogP contribution is 2.31. The van der Waals surface area contributed by atoms with Crippen LogP contribution in [-0.4, -0.2) is 41.1 Å². The van der Waals surface area contributed by atoms with Crippen molar-refractivity contribution in [2.75, 3.05) is 19.6 Å². The van der Waals surface area contributed by atoms with Crippen LogP contribution in [0.1, 0.15) is 54.9 Å². The minimum absolute atomic E-state index is 0.00671. The normalized spacial score (nSPS) is 19.7. The average Bonchev–Trinajstić information content (AvgIpc) is 2.58. The first-order valence-electron chi connectivity index (χ1n) is 8.60. The molecule has 0 spiro atoms. The number of phenolic OH excluding ortho intramolecular Hbond substituents is 1. The second-order valence-electron chi connectivity index (χ2n) is 6.23. The molecule has 1 saturated heterocycles. The van der Waals surface area contributed by atoms with Gasteiger partial charge in [0.05, 0.1) is 17.0 Å². The molecule has 1 heterocycles. The predicted octanol–water partition coefficient (Wildman–Crippen LogP) is 3.55. The largest absolute Gasteiger partial charge is 0.507 e. The van der Waals surface area contributed by atoms with Gasteiger partial charge in [-0.05, 0) is 37.8 Å². The predicted molar refractivity (Wildman–Crippen MR) is 92.3 cm³/mol. The van der Waals surface area contributed by atoms with Crippen molar-refractivity contribution in [2.45, 2.75) is 39.0 Å². The van der Waals surface area contributed by atoms with Crippen LogP contribution in [0.15, 0.2) is 35.0 Å². The van der Waals surface area contributed by atoms with E-state index in [1.165, 1.54) is 6.42 Å². The molecule has 0 radical (unpaired) electrons. The highest BCUT2D eigenvalue weighted by molar-refractivity contribution is 6.27. The third-order valence-corrected chi connectivity index (χ3v) is 4.54. The Balaban J connectivity index is 2.02. The van der Waals surface area contributed by atoms with Crippen LogP contribution in [0.3, 0.4) is 0 Å². The number of piperidine rings is 1. The molecule has 0 amide bonds. The second-order valence-corrected chi connectivity index (χ2v) is 6.23. The van der Waals surface area contributed by atoms with Crippen molar-refractivity contribution in [1.29, 1.82) is 0 Å². The molecule has 0 bridgehead atoms. The van der Waals surface area contributed by atoms with Gasteiger partial charge in [0, 0.05) is 25.2 Å². The number of rotatable bonds is 4. The Bertz CT molecular complexity index is 655. The van der Waals surface area contributed by atoms with E-state index < -0.39 is 0 Å². The van der Waals surface area contributed by atoms with Crippen molar-refractivity contribution in [1.82, 2.24) is 4.90 Å². The monoisotopic (exact) mass is 312 g/mol. The second kappa shape index (κ2) is 6.99. The maximum atomic E-state index is 12.9. The van der Waals surface area contributed by atoms with Gasteiger partial charge in [0.15, 0.2) is 0 Å². The third kappa shape index (κ3) is 3.16. The molecule has 0 aromatic heterocycles. The smallest absolute Gasteiger partial charge is 0.209 e. The summed E-state index contributed by atoms with van der Waals surface area (Å²) in [6.07, 6.45) is 7.44. The lowest BCUT2D eigenvalue weighted by molar-refractivity contribution is 0.0981. The number of likely N-dealkylation sites (tertiary alicyclic amines) is 1. The molecule has 4 heteroatoms. The van der Waals surface area contributed by atoms with Crippen LogP contribution in [0.4, 0.5) is 0 Å². The summed E-state index contributed by atoms with van der Waals surface area (Å²) in [6.45, 7) is 4.70. The number of fused-ring (bicyclic) bond motifs is 1. The van der Waals surface area contributed by atoms with E-state index in [0.717, 1.165) is 56.7 Å². The molecule has 0 saturated carbocycles. The number of benzene rings is 1. The van der Waals surface area contributed by atoms with E-state index in [-0.39, 0.29) is 11.5 Å². The number of aromatic hydroxyl groups is 1. The van der Waals surface area contributed by atoms with Crippen LogP contribution in [0.5, 0.6) is 5.75 Å². The summed E-state index contributed by atoms with van der Waals surface area (Å²) < 4.78 is 0. The Labute approximate surface area is 137 Å². The van der Waals surface area contributed by atoms with Crippen molar-refractivity contribution >= 4 is 11.5 Å². The Hall–Kier alpha value is -2.10. The number of Topliss-reactive ketones (excluding diaryl/α,β-unsaturated/α-hetero) is 1. The van der Waals surface area contributed by atoms with Gasteiger partial charge in [-0.15, -0.1) is 0 Å². The fourth-order valence-electron chi connectivity index (χ4n) is 3.26. The number of hydrogen-bond donors (Lipinski definition) is 1. The maximum Gasteiger partial charge on any atom is 0.209 e. The van der Waals surface area contributed by atoms with Gasteiger partial charge in [-0.2, -0.15) is 0 Å². The van der Waals surface area contributed by atoms with E-state index in [2.05, 4.69) is 16.8 Å². The van der Waals surface area contributed by atoms with Crippen molar-refractivity contribution in [2.24, 2.45) is 4.99 Å². The van der Waals surface area contributed by atoms with Gasteiger partial charge < -0.3 is 10.0 Å². The molecule has 1 N–H and O–H groups in total. The Morgan fingerprint density at radius 1 is 1.22 bits per heavy atom. The lowest BCUT2D eigenvalue weighted by atomic mass is 9.90. The first-order chi connectivity index (χ1) is 11.2. The lowest BCUT2D eigenvalue weighted by Crippen LogP contribution is -2.35. The van der Waals surface area contributed by atoms with Crippen LogP contribution in [0, 0.1) is 0 Å². The molecule has 1 aliphatic heterocycles. The summed E-state index contributed by atoms with van der Waals surface area (Å²) in [5.74, 6) is 0.146. The van der Waals surface area contributed by atoms with Crippen molar-refractivity contribution in [3.63, 3.8) is 0 Å².